The van der Waals surface area contributed by atoms with E-state index in [1.54, 1.807) is 14.2 Å². The zero-order chi connectivity index (χ0) is 15.7. The molecule has 0 aliphatic heterocycles. The molecule has 120 valence electrons. The summed E-state index contributed by atoms with van der Waals surface area (Å²) in [6, 6.07) is 3.89. The van der Waals surface area contributed by atoms with Crippen LogP contribution in [0.1, 0.15) is 45.1 Å². The molecule has 0 aromatic heterocycles. The number of ether oxygens (including phenoxy) is 2. The fourth-order valence-electron chi connectivity index (χ4n) is 2.42. The van der Waals surface area contributed by atoms with Crippen molar-refractivity contribution in [1.29, 1.82) is 0 Å². The second kappa shape index (κ2) is 9.91. The molecule has 0 aliphatic rings. The topological polar surface area (TPSA) is 30.5 Å². The maximum Gasteiger partial charge on any atom is 0.179 e. The van der Waals surface area contributed by atoms with Crippen LogP contribution in [-0.4, -0.2) is 20.8 Å². The van der Waals surface area contributed by atoms with Gasteiger partial charge in [-0.25, -0.2) is 0 Å². The van der Waals surface area contributed by atoms with Crippen molar-refractivity contribution in [3.63, 3.8) is 0 Å². The first-order valence-corrected chi connectivity index (χ1v) is 8.15. The predicted octanol–water partition coefficient (Wildman–Crippen LogP) is 4.66. The van der Waals surface area contributed by atoms with Crippen molar-refractivity contribution >= 4 is 11.6 Å². The monoisotopic (exact) mass is 313 g/mol. The van der Waals surface area contributed by atoms with Crippen LogP contribution in [0.25, 0.3) is 0 Å². The number of halogens is 1. The molecule has 21 heavy (non-hydrogen) atoms. The average Bonchev–Trinajstić information content (AvgIpc) is 2.51. The molecule has 1 aromatic carbocycles. The van der Waals surface area contributed by atoms with Gasteiger partial charge >= 0.3 is 0 Å². The van der Waals surface area contributed by atoms with Gasteiger partial charge in [0.25, 0.3) is 0 Å². The van der Waals surface area contributed by atoms with E-state index in [0.29, 0.717) is 16.5 Å². The zero-order valence-corrected chi connectivity index (χ0v) is 14.4. The lowest BCUT2D eigenvalue weighted by molar-refractivity contribution is 0.354. The number of hydrogen-bond donors (Lipinski definition) is 1. The fourth-order valence-corrected chi connectivity index (χ4v) is 2.72. The molecule has 0 heterocycles. The van der Waals surface area contributed by atoms with Crippen LogP contribution in [0, 0.1) is 5.92 Å². The largest absolute Gasteiger partial charge is 0.493 e. The molecule has 4 heteroatoms. The van der Waals surface area contributed by atoms with Gasteiger partial charge in [-0.3, -0.25) is 0 Å². The lowest BCUT2D eigenvalue weighted by Crippen LogP contribution is -2.22. The van der Waals surface area contributed by atoms with Crippen molar-refractivity contribution in [2.24, 2.45) is 5.92 Å². The molecule has 1 aromatic rings. The van der Waals surface area contributed by atoms with Crippen molar-refractivity contribution in [2.75, 3.05) is 20.8 Å². The van der Waals surface area contributed by atoms with Crippen molar-refractivity contribution in [3.05, 3.63) is 22.7 Å². The van der Waals surface area contributed by atoms with Crippen LogP contribution < -0.4 is 14.8 Å². The maximum atomic E-state index is 6.38. The van der Waals surface area contributed by atoms with E-state index in [1.165, 1.54) is 25.7 Å². The van der Waals surface area contributed by atoms with Gasteiger partial charge in [-0.15, -0.1) is 0 Å². The Hall–Kier alpha value is -0.930. The Labute approximate surface area is 134 Å². The van der Waals surface area contributed by atoms with Crippen LogP contribution in [0.2, 0.25) is 5.02 Å². The molecule has 1 unspecified atom stereocenters. The minimum Gasteiger partial charge on any atom is -0.493 e. The van der Waals surface area contributed by atoms with Gasteiger partial charge in [0.15, 0.2) is 11.5 Å². The van der Waals surface area contributed by atoms with E-state index in [1.807, 2.05) is 12.1 Å². The Balaban J connectivity index is 2.59. The summed E-state index contributed by atoms with van der Waals surface area (Å²) in [6.45, 7) is 6.28. The van der Waals surface area contributed by atoms with Gasteiger partial charge in [0.2, 0.25) is 0 Å². The maximum absolute atomic E-state index is 6.38. The zero-order valence-electron chi connectivity index (χ0n) is 13.7. The molecule has 0 aliphatic carbocycles. The van der Waals surface area contributed by atoms with Gasteiger partial charge < -0.3 is 14.8 Å². The molecule has 0 fully saturated rings. The molecule has 3 nitrogen and oxygen atoms in total. The summed E-state index contributed by atoms with van der Waals surface area (Å²) in [6.07, 6.45) is 5.07. The highest BCUT2D eigenvalue weighted by Crippen LogP contribution is 2.37. The Morgan fingerprint density at radius 3 is 2.52 bits per heavy atom. The number of rotatable bonds is 10. The first kappa shape index (κ1) is 18.1. The van der Waals surface area contributed by atoms with Gasteiger partial charge in [0, 0.05) is 6.54 Å². The van der Waals surface area contributed by atoms with E-state index in [4.69, 9.17) is 21.1 Å². The van der Waals surface area contributed by atoms with E-state index in [-0.39, 0.29) is 0 Å². The van der Waals surface area contributed by atoms with Crippen molar-refractivity contribution in [1.82, 2.24) is 5.32 Å². The van der Waals surface area contributed by atoms with E-state index < -0.39 is 0 Å². The molecular formula is C17H28ClNO2. The van der Waals surface area contributed by atoms with Gasteiger partial charge in [-0.1, -0.05) is 50.8 Å². The van der Waals surface area contributed by atoms with Gasteiger partial charge in [0.05, 0.1) is 19.2 Å². The summed E-state index contributed by atoms with van der Waals surface area (Å²) in [5, 5.41) is 4.14. The highest BCUT2D eigenvalue weighted by Gasteiger charge is 2.13. The lowest BCUT2D eigenvalue weighted by Gasteiger charge is -2.17. The number of methoxy groups -OCH3 is 2. The molecular weight excluding hydrogens is 286 g/mol. The summed E-state index contributed by atoms with van der Waals surface area (Å²) in [4.78, 5) is 0. The third-order valence-corrected chi connectivity index (χ3v) is 4.27. The minimum atomic E-state index is 0.608. The van der Waals surface area contributed by atoms with Crippen LogP contribution in [-0.2, 0) is 6.54 Å². The van der Waals surface area contributed by atoms with Gasteiger partial charge in [-0.2, -0.15) is 0 Å². The molecule has 1 atom stereocenters. The molecule has 0 saturated heterocycles. The highest BCUT2D eigenvalue weighted by molar-refractivity contribution is 6.33. The summed E-state index contributed by atoms with van der Waals surface area (Å²) >= 11 is 6.38. The molecule has 1 N–H and O–H groups in total. The average molecular weight is 314 g/mol. The van der Waals surface area contributed by atoms with Crippen LogP contribution in [0.3, 0.4) is 0 Å². The van der Waals surface area contributed by atoms with E-state index >= 15 is 0 Å². The summed E-state index contributed by atoms with van der Waals surface area (Å²) < 4.78 is 10.6. The quantitative estimate of drug-likeness (QED) is 0.681. The Morgan fingerprint density at radius 1 is 1.19 bits per heavy atom. The minimum absolute atomic E-state index is 0.608. The van der Waals surface area contributed by atoms with Crippen LogP contribution in [0.5, 0.6) is 11.5 Å². The van der Waals surface area contributed by atoms with E-state index in [0.717, 1.165) is 24.6 Å². The first-order chi connectivity index (χ1) is 10.2. The second-order valence-electron chi connectivity index (χ2n) is 5.32. The molecule has 0 saturated carbocycles. The first-order valence-electron chi connectivity index (χ1n) is 7.77. The van der Waals surface area contributed by atoms with Crippen molar-refractivity contribution in [3.8, 4) is 11.5 Å². The smallest absolute Gasteiger partial charge is 0.179 e. The Morgan fingerprint density at radius 2 is 1.95 bits per heavy atom. The number of unbranched alkanes of at least 4 members (excludes halogenated alkanes) is 1. The third-order valence-electron chi connectivity index (χ3n) is 3.86. The van der Waals surface area contributed by atoms with Gasteiger partial charge in [-0.05, 0) is 30.5 Å². The SMILES string of the molecule is CCCCC(CC)CNCc1ccc(OC)c(OC)c1Cl. The number of nitrogens with one attached hydrogen (secondary N) is 1. The van der Waals surface area contributed by atoms with Gasteiger partial charge in [0.1, 0.15) is 0 Å². The summed E-state index contributed by atoms with van der Waals surface area (Å²) in [7, 11) is 3.23. The Bertz CT molecular complexity index is 423. The molecule has 1 rings (SSSR count). The second-order valence-corrected chi connectivity index (χ2v) is 5.70. The fraction of sp³-hybridized carbons (Fsp3) is 0.647. The van der Waals surface area contributed by atoms with Crippen LogP contribution >= 0.6 is 11.6 Å². The highest BCUT2D eigenvalue weighted by atomic mass is 35.5. The van der Waals surface area contributed by atoms with E-state index in [2.05, 4.69) is 19.2 Å². The molecule has 0 amide bonds. The Kier molecular flexibility index (Phi) is 8.55. The summed E-state index contributed by atoms with van der Waals surface area (Å²) in [5.41, 5.74) is 1.04. The lowest BCUT2D eigenvalue weighted by atomic mass is 9.99. The van der Waals surface area contributed by atoms with E-state index in [9.17, 15) is 0 Å². The van der Waals surface area contributed by atoms with Crippen molar-refractivity contribution < 1.29 is 9.47 Å². The van der Waals surface area contributed by atoms with Crippen LogP contribution in [0.15, 0.2) is 12.1 Å². The molecule has 0 bridgehead atoms. The standard InChI is InChI=1S/C17H28ClNO2/c1-5-7-8-13(6-2)11-19-12-14-9-10-15(20-3)17(21-4)16(14)18/h9-10,13,19H,5-8,11-12H2,1-4H3. The number of benzene rings is 1. The molecule has 0 radical (unpaired) electrons. The molecule has 0 spiro atoms. The number of hydrogen-bond acceptors (Lipinski definition) is 3. The van der Waals surface area contributed by atoms with Crippen molar-refractivity contribution in [2.45, 2.75) is 46.1 Å². The third kappa shape index (κ3) is 5.40. The predicted molar refractivity (Wildman–Crippen MR) is 89.6 cm³/mol. The van der Waals surface area contributed by atoms with Crippen LogP contribution in [0.4, 0.5) is 0 Å². The normalized spacial score (nSPS) is 12.2. The summed E-state index contributed by atoms with van der Waals surface area (Å²) in [5.74, 6) is 2.01.